The molecule has 2 aromatic heterocycles. The summed E-state index contributed by atoms with van der Waals surface area (Å²) in [6.45, 7) is 2.86. The lowest BCUT2D eigenvalue weighted by Gasteiger charge is -2.07. The van der Waals surface area contributed by atoms with Crippen molar-refractivity contribution in [1.29, 1.82) is 0 Å². The fourth-order valence-electron chi connectivity index (χ4n) is 1.73. The van der Waals surface area contributed by atoms with E-state index in [2.05, 4.69) is 27.2 Å². The second-order valence-electron chi connectivity index (χ2n) is 3.79. The minimum absolute atomic E-state index is 0.752. The van der Waals surface area contributed by atoms with Crippen molar-refractivity contribution < 1.29 is 0 Å². The molecule has 0 saturated heterocycles. The highest BCUT2D eigenvalue weighted by Gasteiger charge is 2.06. The van der Waals surface area contributed by atoms with Crippen LogP contribution in [0.1, 0.15) is 18.2 Å². The zero-order chi connectivity index (χ0) is 12.1. The minimum atomic E-state index is 0.752. The van der Waals surface area contributed by atoms with Crippen molar-refractivity contribution in [2.75, 3.05) is 7.05 Å². The molecule has 2 heterocycles. The van der Waals surface area contributed by atoms with Crippen molar-refractivity contribution in [3.8, 4) is 11.4 Å². The van der Waals surface area contributed by atoms with Gasteiger partial charge in [0.25, 0.3) is 0 Å². The number of nitrogens with one attached hydrogen (secondary N) is 1. The molecule has 17 heavy (non-hydrogen) atoms. The highest BCUT2D eigenvalue weighted by Crippen LogP contribution is 2.19. The summed E-state index contributed by atoms with van der Waals surface area (Å²) < 4.78 is 0. The van der Waals surface area contributed by atoms with E-state index in [1.54, 1.807) is 12.4 Å². The average molecular weight is 228 g/mol. The Bertz CT molecular complexity index is 496. The Morgan fingerprint density at radius 3 is 2.88 bits per heavy atom. The van der Waals surface area contributed by atoms with E-state index < -0.39 is 0 Å². The summed E-state index contributed by atoms with van der Waals surface area (Å²) in [5, 5.41) is 3.09. The first-order valence-corrected chi connectivity index (χ1v) is 5.75. The smallest absolute Gasteiger partial charge is 0.159 e. The lowest BCUT2D eigenvalue weighted by molar-refractivity contribution is 0.787. The third-order valence-electron chi connectivity index (χ3n) is 2.60. The van der Waals surface area contributed by atoms with Crippen LogP contribution in [0.2, 0.25) is 0 Å². The van der Waals surface area contributed by atoms with Crippen LogP contribution in [0.3, 0.4) is 0 Å². The first kappa shape index (κ1) is 11.7. The molecule has 0 aromatic carbocycles. The maximum Gasteiger partial charge on any atom is 0.159 e. The zero-order valence-electron chi connectivity index (χ0n) is 10.1. The van der Waals surface area contributed by atoms with E-state index in [-0.39, 0.29) is 0 Å². The molecule has 0 unspecified atom stereocenters. The van der Waals surface area contributed by atoms with E-state index in [0.29, 0.717) is 0 Å². The van der Waals surface area contributed by atoms with E-state index >= 15 is 0 Å². The van der Waals surface area contributed by atoms with Crippen LogP contribution in [0.25, 0.3) is 11.4 Å². The van der Waals surface area contributed by atoms with Crippen LogP contribution in [0.5, 0.6) is 0 Å². The summed E-state index contributed by atoms with van der Waals surface area (Å²) in [6, 6.07) is 3.89. The molecule has 0 saturated carbocycles. The van der Waals surface area contributed by atoms with Gasteiger partial charge in [-0.15, -0.1) is 0 Å². The van der Waals surface area contributed by atoms with Crippen LogP contribution in [-0.4, -0.2) is 22.0 Å². The van der Waals surface area contributed by atoms with Crippen molar-refractivity contribution in [3.05, 3.63) is 42.0 Å². The zero-order valence-corrected chi connectivity index (χ0v) is 10.1. The molecule has 0 aliphatic heterocycles. The number of hydrogen-bond donors (Lipinski definition) is 1. The number of hydrogen-bond acceptors (Lipinski definition) is 4. The summed E-state index contributed by atoms with van der Waals surface area (Å²) in [6.07, 6.45) is 6.39. The molecule has 1 N–H and O–H groups in total. The quantitative estimate of drug-likeness (QED) is 0.867. The van der Waals surface area contributed by atoms with Crippen LogP contribution in [0.15, 0.2) is 30.7 Å². The Kier molecular flexibility index (Phi) is 3.77. The molecule has 4 nitrogen and oxygen atoms in total. The Hall–Kier alpha value is -1.81. The lowest BCUT2D eigenvalue weighted by atomic mass is 10.1. The van der Waals surface area contributed by atoms with E-state index in [9.17, 15) is 0 Å². The number of aromatic nitrogens is 3. The highest BCUT2D eigenvalue weighted by atomic mass is 14.9. The summed E-state index contributed by atoms with van der Waals surface area (Å²) in [5.41, 5.74) is 3.24. The first-order chi connectivity index (χ1) is 8.35. The van der Waals surface area contributed by atoms with Crippen molar-refractivity contribution in [3.63, 3.8) is 0 Å². The molecule has 0 aliphatic carbocycles. The van der Waals surface area contributed by atoms with Crippen LogP contribution in [-0.2, 0) is 13.0 Å². The summed E-state index contributed by atoms with van der Waals surface area (Å²) in [4.78, 5) is 13.0. The average Bonchev–Trinajstić information content (AvgIpc) is 2.39. The fourth-order valence-corrected chi connectivity index (χ4v) is 1.73. The Morgan fingerprint density at radius 2 is 2.12 bits per heavy atom. The SMILES string of the molecule is CCc1cnccc1-c1nccc(CNC)n1. The van der Waals surface area contributed by atoms with Crippen LogP contribution in [0, 0.1) is 0 Å². The molecule has 0 aliphatic rings. The second-order valence-corrected chi connectivity index (χ2v) is 3.79. The largest absolute Gasteiger partial charge is 0.314 e. The summed E-state index contributed by atoms with van der Waals surface area (Å²) >= 11 is 0. The van der Waals surface area contributed by atoms with Crippen LogP contribution >= 0.6 is 0 Å². The molecular formula is C13H16N4. The monoisotopic (exact) mass is 228 g/mol. The van der Waals surface area contributed by atoms with Crippen LogP contribution < -0.4 is 5.32 Å². The summed E-state index contributed by atoms with van der Waals surface area (Å²) in [7, 11) is 1.91. The van der Waals surface area contributed by atoms with Gasteiger partial charge in [0.15, 0.2) is 5.82 Å². The van der Waals surface area contributed by atoms with E-state index in [4.69, 9.17) is 0 Å². The molecule has 0 fully saturated rings. The van der Waals surface area contributed by atoms with Gasteiger partial charge in [-0.1, -0.05) is 6.92 Å². The molecular weight excluding hydrogens is 212 g/mol. The predicted molar refractivity (Wildman–Crippen MR) is 67.4 cm³/mol. The topological polar surface area (TPSA) is 50.7 Å². The van der Waals surface area contributed by atoms with Gasteiger partial charge in [0.05, 0.1) is 5.69 Å². The van der Waals surface area contributed by atoms with Gasteiger partial charge in [-0.2, -0.15) is 0 Å². The third kappa shape index (κ3) is 2.65. The van der Waals surface area contributed by atoms with E-state index in [1.807, 2.05) is 25.4 Å². The Morgan fingerprint density at radius 1 is 1.24 bits per heavy atom. The fraction of sp³-hybridized carbons (Fsp3) is 0.308. The van der Waals surface area contributed by atoms with Crippen molar-refractivity contribution in [2.45, 2.75) is 19.9 Å². The minimum Gasteiger partial charge on any atom is -0.314 e. The van der Waals surface area contributed by atoms with Gasteiger partial charge in [0.1, 0.15) is 0 Å². The van der Waals surface area contributed by atoms with Gasteiger partial charge in [0, 0.05) is 30.7 Å². The molecule has 4 heteroatoms. The van der Waals surface area contributed by atoms with Crippen LogP contribution in [0.4, 0.5) is 0 Å². The van der Waals surface area contributed by atoms with E-state index in [0.717, 1.165) is 30.0 Å². The van der Waals surface area contributed by atoms with Gasteiger partial charge in [0.2, 0.25) is 0 Å². The molecule has 88 valence electrons. The van der Waals surface area contributed by atoms with Crippen molar-refractivity contribution >= 4 is 0 Å². The molecule has 2 aromatic rings. The normalized spacial score (nSPS) is 10.5. The predicted octanol–water partition coefficient (Wildman–Crippen LogP) is 1.82. The van der Waals surface area contributed by atoms with Gasteiger partial charge in [-0.3, -0.25) is 4.98 Å². The first-order valence-electron chi connectivity index (χ1n) is 5.75. The lowest BCUT2D eigenvalue weighted by Crippen LogP contribution is -2.08. The second kappa shape index (κ2) is 5.50. The Labute approximate surface area is 101 Å². The highest BCUT2D eigenvalue weighted by molar-refractivity contribution is 5.59. The maximum atomic E-state index is 4.54. The Balaban J connectivity index is 2.41. The third-order valence-corrected chi connectivity index (χ3v) is 2.60. The number of pyridine rings is 1. The number of rotatable bonds is 4. The number of nitrogens with zero attached hydrogens (tertiary/aromatic N) is 3. The van der Waals surface area contributed by atoms with Crippen molar-refractivity contribution in [2.24, 2.45) is 0 Å². The van der Waals surface area contributed by atoms with Gasteiger partial charge in [-0.25, -0.2) is 9.97 Å². The molecule has 0 bridgehead atoms. The molecule has 0 radical (unpaired) electrons. The standard InChI is InChI=1S/C13H16N4/c1-3-10-8-15-6-5-12(10)13-16-7-4-11(17-13)9-14-2/h4-8,14H,3,9H2,1-2H3. The molecule has 0 atom stereocenters. The molecule has 0 spiro atoms. The van der Waals surface area contributed by atoms with E-state index in [1.165, 1.54) is 5.56 Å². The van der Waals surface area contributed by atoms with Gasteiger partial charge in [-0.05, 0) is 31.2 Å². The number of aryl methyl sites for hydroxylation is 1. The van der Waals surface area contributed by atoms with Gasteiger partial charge < -0.3 is 5.32 Å². The van der Waals surface area contributed by atoms with Gasteiger partial charge >= 0.3 is 0 Å². The van der Waals surface area contributed by atoms with Crippen molar-refractivity contribution in [1.82, 2.24) is 20.3 Å². The summed E-state index contributed by atoms with van der Waals surface area (Å²) in [5.74, 6) is 0.775. The molecule has 2 rings (SSSR count). The molecule has 0 amide bonds. The maximum absolute atomic E-state index is 4.54.